The summed E-state index contributed by atoms with van der Waals surface area (Å²) >= 11 is 1.55. The third-order valence-electron chi connectivity index (χ3n) is 2.74. The number of hydrogen-bond acceptors (Lipinski definition) is 5. The molecule has 0 spiro atoms. The van der Waals surface area contributed by atoms with Gasteiger partial charge in [0.05, 0.1) is 17.0 Å². The van der Waals surface area contributed by atoms with Gasteiger partial charge in [0.25, 0.3) is 0 Å². The summed E-state index contributed by atoms with van der Waals surface area (Å²) in [5.41, 5.74) is 1.52. The second-order valence-electron chi connectivity index (χ2n) is 4.01. The standard InChI is InChI=1S/C14H9N3OS/c1-9-6-10(7-15)2-3-12(9)18-13-11-4-5-19-14(11)17-8-16-13/h2-6,8H,1H3. The summed E-state index contributed by atoms with van der Waals surface area (Å²) in [6, 6.07) is 9.35. The van der Waals surface area contributed by atoms with Crippen LogP contribution in [0.1, 0.15) is 11.1 Å². The van der Waals surface area contributed by atoms with Crippen molar-refractivity contribution < 1.29 is 4.74 Å². The minimum absolute atomic E-state index is 0.541. The minimum Gasteiger partial charge on any atom is -0.438 e. The lowest BCUT2D eigenvalue weighted by atomic mass is 10.1. The van der Waals surface area contributed by atoms with E-state index in [4.69, 9.17) is 10.00 Å². The number of rotatable bonds is 2. The maximum absolute atomic E-state index is 8.85. The van der Waals surface area contributed by atoms with Crippen LogP contribution in [0.25, 0.3) is 10.2 Å². The van der Waals surface area contributed by atoms with Crippen LogP contribution in [-0.4, -0.2) is 9.97 Å². The van der Waals surface area contributed by atoms with E-state index in [0.29, 0.717) is 17.2 Å². The van der Waals surface area contributed by atoms with E-state index in [2.05, 4.69) is 16.0 Å². The van der Waals surface area contributed by atoms with Crippen LogP contribution in [0.4, 0.5) is 0 Å². The van der Waals surface area contributed by atoms with Crippen molar-refractivity contribution in [3.63, 3.8) is 0 Å². The zero-order valence-electron chi connectivity index (χ0n) is 10.1. The maximum Gasteiger partial charge on any atom is 0.231 e. The smallest absolute Gasteiger partial charge is 0.231 e. The second-order valence-corrected chi connectivity index (χ2v) is 4.91. The molecule has 3 rings (SSSR count). The molecule has 0 unspecified atom stereocenters. The van der Waals surface area contributed by atoms with E-state index in [0.717, 1.165) is 15.8 Å². The van der Waals surface area contributed by atoms with Crippen molar-refractivity contribution in [1.29, 1.82) is 5.26 Å². The number of hydrogen-bond donors (Lipinski definition) is 0. The molecule has 0 aliphatic rings. The van der Waals surface area contributed by atoms with Gasteiger partial charge in [-0.2, -0.15) is 5.26 Å². The zero-order chi connectivity index (χ0) is 13.2. The van der Waals surface area contributed by atoms with E-state index in [1.165, 1.54) is 6.33 Å². The van der Waals surface area contributed by atoms with Gasteiger partial charge in [0.2, 0.25) is 5.88 Å². The molecule has 3 aromatic rings. The lowest BCUT2D eigenvalue weighted by Gasteiger charge is -2.08. The van der Waals surface area contributed by atoms with Crippen molar-refractivity contribution in [2.24, 2.45) is 0 Å². The predicted molar refractivity (Wildman–Crippen MR) is 73.4 cm³/mol. The normalized spacial score (nSPS) is 10.3. The van der Waals surface area contributed by atoms with Crippen molar-refractivity contribution in [3.8, 4) is 17.7 Å². The summed E-state index contributed by atoms with van der Waals surface area (Å²) in [6.07, 6.45) is 1.49. The molecule has 1 aromatic carbocycles. The molecule has 0 bridgehead atoms. The fourth-order valence-corrected chi connectivity index (χ4v) is 2.51. The molecule has 0 fully saturated rings. The summed E-state index contributed by atoms with van der Waals surface area (Å²) in [4.78, 5) is 9.24. The molecular weight excluding hydrogens is 258 g/mol. The Morgan fingerprint density at radius 1 is 1.26 bits per heavy atom. The SMILES string of the molecule is Cc1cc(C#N)ccc1Oc1ncnc2sccc12. The molecule has 4 nitrogen and oxygen atoms in total. The number of thiophene rings is 1. The fourth-order valence-electron chi connectivity index (χ4n) is 1.79. The summed E-state index contributed by atoms with van der Waals surface area (Å²) < 4.78 is 5.83. The molecular formula is C14H9N3OS. The van der Waals surface area contributed by atoms with E-state index in [1.807, 2.05) is 18.4 Å². The van der Waals surface area contributed by atoms with Crippen LogP contribution in [0.2, 0.25) is 0 Å². The Hall–Kier alpha value is -2.45. The number of fused-ring (bicyclic) bond motifs is 1. The monoisotopic (exact) mass is 267 g/mol. The van der Waals surface area contributed by atoms with Crippen molar-refractivity contribution in [1.82, 2.24) is 9.97 Å². The molecule has 0 atom stereocenters. The highest BCUT2D eigenvalue weighted by molar-refractivity contribution is 7.16. The predicted octanol–water partition coefficient (Wildman–Crippen LogP) is 3.66. The lowest BCUT2D eigenvalue weighted by Crippen LogP contribution is -1.92. The van der Waals surface area contributed by atoms with Crippen LogP contribution < -0.4 is 4.74 Å². The Balaban J connectivity index is 2.02. The lowest BCUT2D eigenvalue weighted by molar-refractivity contribution is 0.465. The third-order valence-corrected chi connectivity index (χ3v) is 3.56. The summed E-state index contributed by atoms with van der Waals surface area (Å²) in [6.45, 7) is 1.90. The molecule has 0 saturated heterocycles. The molecule has 5 heteroatoms. The van der Waals surface area contributed by atoms with Gasteiger partial charge in [-0.05, 0) is 42.1 Å². The Morgan fingerprint density at radius 3 is 2.95 bits per heavy atom. The van der Waals surface area contributed by atoms with Gasteiger partial charge >= 0.3 is 0 Å². The highest BCUT2D eigenvalue weighted by Crippen LogP contribution is 2.31. The average molecular weight is 267 g/mol. The van der Waals surface area contributed by atoms with Gasteiger partial charge < -0.3 is 4.74 Å². The van der Waals surface area contributed by atoms with Crippen LogP contribution in [0.5, 0.6) is 11.6 Å². The Morgan fingerprint density at radius 2 is 2.16 bits per heavy atom. The first-order valence-electron chi connectivity index (χ1n) is 5.65. The largest absolute Gasteiger partial charge is 0.438 e. The highest BCUT2D eigenvalue weighted by Gasteiger charge is 2.09. The number of nitriles is 1. The van der Waals surface area contributed by atoms with Gasteiger partial charge in [-0.3, -0.25) is 0 Å². The van der Waals surface area contributed by atoms with Crippen LogP contribution in [0.15, 0.2) is 36.0 Å². The van der Waals surface area contributed by atoms with Gasteiger partial charge in [0, 0.05) is 0 Å². The fraction of sp³-hybridized carbons (Fsp3) is 0.0714. The van der Waals surface area contributed by atoms with E-state index >= 15 is 0 Å². The second kappa shape index (κ2) is 4.67. The first kappa shape index (κ1) is 11.6. The molecule has 2 heterocycles. The quantitative estimate of drug-likeness (QED) is 0.711. The summed E-state index contributed by atoms with van der Waals surface area (Å²) in [5, 5.41) is 11.7. The topological polar surface area (TPSA) is 58.8 Å². The van der Waals surface area contributed by atoms with Crippen LogP contribution in [-0.2, 0) is 0 Å². The van der Waals surface area contributed by atoms with E-state index in [9.17, 15) is 0 Å². The van der Waals surface area contributed by atoms with Gasteiger partial charge in [0.1, 0.15) is 16.9 Å². The third kappa shape index (κ3) is 2.14. The number of aryl methyl sites for hydroxylation is 1. The maximum atomic E-state index is 8.85. The van der Waals surface area contributed by atoms with Gasteiger partial charge in [-0.15, -0.1) is 11.3 Å². The van der Waals surface area contributed by atoms with Gasteiger partial charge in [-0.25, -0.2) is 9.97 Å². The van der Waals surface area contributed by atoms with Gasteiger partial charge in [0.15, 0.2) is 0 Å². The highest BCUT2D eigenvalue weighted by atomic mass is 32.1. The molecule has 92 valence electrons. The van der Waals surface area contributed by atoms with Crippen molar-refractivity contribution in [2.45, 2.75) is 6.92 Å². The number of aromatic nitrogens is 2. The summed E-state index contributed by atoms with van der Waals surface area (Å²) in [5.74, 6) is 1.24. The van der Waals surface area contributed by atoms with Crippen molar-refractivity contribution in [2.75, 3.05) is 0 Å². The first-order chi connectivity index (χ1) is 9.28. The molecule has 0 radical (unpaired) electrons. The molecule has 0 saturated carbocycles. The molecule has 2 aromatic heterocycles. The molecule has 0 aliphatic heterocycles. The van der Waals surface area contributed by atoms with Crippen LogP contribution in [0.3, 0.4) is 0 Å². The summed E-state index contributed by atoms with van der Waals surface area (Å²) in [7, 11) is 0. The van der Waals surface area contributed by atoms with E-state index < -0.39 is 0 Å². The molecule has 0 N–H and O–H groups in total. The number of nitrogens with zero attached hydrogens (tertiary/aromatic N) is 3. The number of benzene rings is 1. The van der Waals surface area contributed by atoms with E-state index in [1.54, 1.807) is 29.5 Å². The van der Waals surface area contributed by atoms with Crippen LogP contribution in [0, 0.1) is 18.3 Å². The molecule has 0 amide bonds. The number of ether oxygens (including phenoxy) is 1. The van der Waals surface area contributed by atoms with Crippen LogP contribution >= 0.6 is 11.3 Å². The van der Waals surface area contributed by atoms with Gasteiger partial charge in [-0.1, -0.05) is 0 Å². The molecule has 19 heavy (non-hydrogen) atoms. The van der Waals surface area contributed by atoms with Crippen molar-refractivity contribution in [3.05, 3.63) is 47.1 Å². The Kier molecular flexibility index (Phi) is 2.86. The average Bonchev–Trinajstić information content (AvgIpc) is 2.90. The van der Waals surface area contributed by atoms with E-state index in [-0.39, 0.29) is 0 Å². The molecule has 0 aliphatic carbocycles. The zero-order valence-corrected chi connectivity index (χ0v) is 10.9. The Bertz CT molecular complexity index is 789. The first-order valence-corrected chi connectivity index (χ1v) is 6.52. The Labute approximate surface area is 113 Å². The minimum atomic E-state index is 0.541. The van der Waals surface area contributed by atoms with Crippen molar-refractivity contribution >= 4 is 21.6 Å².